The molecule has 1 saturated heterocycles. The standard InChI is InChI=1S/C12H15N3/c1-9-4-5-15(8-9)12-6-10(7-13)2-3-11(12)14/h2-3,6,9H,4-5,8,14H2,1H3. The molecule has 15 heavy (non-hydrogen) atoms. The molecule has 1 atom stereocenters. The Labute approximate surface area is 90.1 Å². The number of nitrogens with zero attached hydrogens (tertiary/aromatic N) is 2. The quantitative estimate of drug-likeness (QED) is 0.707. The van der Waals surface area contributed by atoms with Gasteiger partial charge in [0, 0.05) is 13.1 Å². The summed E-state index contributed by atoms with van der Waals surface area (Å²) in [4.78, 5) is 2.26. The van der Waals surface area contributed by atoms with Gasteiger partial charge in [-0.05, 0) is 30.5 Å². The largest absolute Gasteiger partial charge is 0.397 e. The van der Waals surface area contributed by atoms with Gasteiger partial charge in [-0.3, -0.25) is 0 Å². The van der Waals surface area contributed by atoms with E-state index < -0.39 is 0 Å². The van der Waals surface area contributed by atoms with Crippen LogP contribution in [0.4, 0.5) is 11.4 Å². The molecule has 0 radical (unpaired) electrons. The van der Waals surface area contributed by atoms with Crippen LogP contribution in [0.3, 0.4) is 0 Å². The van der Waals surface area contributed by atoms with Crippen LogP contribution < -0.4 is 10.6 Å². The highest BCUT2D eigenvalue weighted by atomic mass is 15.2. The van der Waals surface area contributed by atoms with Gasteiger partial charge in [-0.15, -0.1) is 0 Å². The van der Waals surface area contributed by atoms with Crippen molar-refractivity contribution in [2.24, 2.45) is 5.92 Å². The van der Waals surface area contributed by atoms with Crippen LogP contribution in [-0.4, -0.2) is 13.1 Å². The topological polar surface area (TPSA) is 53.0 Å². The minimum Gasteiger partial charge on any atom is -0.397 e. The molecule has 78 valence electrons. The number of nitrogen functional groups attached to an aromatic ring is 1. The number of anilines is 2. The SMILES string of the molecule is CC1CCN(c2cc(C#N)ccc2N)C1. The Kier molecular flexibility index (Phi) is 2.51. The van der Waals surface area contributed by atoms with Crippen molar-refractivity contribution >= 4 is 11.4 Å². The van der Waals surface area contributed by atoms with Crippen molar-refractivity contribution in [3.05, 3.63) is 23.8 Å². The van der Waals surface area contributed by atoms with Gasteiger partial charge >= 0.3 is 0 Å². The van der Waals surface area contributed by atoms with Gasteiger partial charge in [-0.1, -0.05) is 6.92 Å². The van der Waals surface area contributed by atoms with Gasteiger partial charge in [0.2, 0.25) is 0 Å². The molecule has 0 saturated carbocycles. The lowest BCUT2D eigenvalue weighted by molar-refractivity contribution is 0.659. The first kappa shape index (κ1) is 9.85. The number of nitriles is 1. The van der Waals surface area contributed by atoms with Gasteiger partial charge in [-0.25, -0.2) is 0 Å². The Hall–Kier alpha value is -1.69. The van der Waals surface area contributed by atoms with E-state index in [-0.39, 0.29) is 0 Å². The van der Waals surface area contributed by atoms with E-state index in [1.165, 1.54) is 6.42 Å². The van der Waals surface area contributed by atoms with Crippen LogP contribution in [-0.2, 0) is 0 Å². The van der Waals surface area contributed by atoms with Crippen molar-refractivity contribution in [1.82, 2.24) is 0 Å². The maximum Gasteiger partial charge on any atom is 0.0992 e. The third kappa shape index (κ3) is 1.89. The molecule has 1 unspecified atom stereocenters. The highest BCUT2D eigenvalue weighted by Crippen LogP contribution is 2.29. The Bertz CT molecular complexity index is 406. The molecule has 1 heterocycles. The van der Waals surface area contributed by atoms with Crippen LogP contribution in [0.1, 0.15) is 18.9 Å². The van der Waals surface area contributed by atoms with Crippen molar-refractivity contribution in [3.8, 4) is 6.07 Å². The van der Waals surface area contributed by atoms with Crippen molar-refractivity contribution in [3.63, 3.8) is 0 Å². The predicted molar refractivity (Wildman–Crippen MR) is 61.6 cm³/mol. The zero-order chi connectivity index (χ0) is 10.8. The van der Waals surface area contributed by atoms with Crippen LogP contribution in [0.15, 0.2) is 18.2 Å². The molecule has 1 aromatic rings. The number of nitrogens with two attached hydrogens (primary N) is 1. The molecule has 3 heteroatoms. The molecule has 3 nitrogen and oxygen atoms in total. The van der Waals surface area contributed by atoms with Crippen LogP contribution >= 0.6 is 0 Å². The fourth-order valence-corrected chi connectivity index (χ4v) is 2.04. The summed E-state index contributed by atoms with van der Waals surface area (Å²) in [6, 6.07) is 7.61. The molecule has 1 aliphatic heterocycles. The minimum absolute atomic E-state index is 0.679. The summed E-state index contributed by atoms with van der Waals surface area (Å²) in [6.45, 7) is 4.32. The third-order valence-corrected chi connectivity index (χ3v) is 2.92. The summed E-state index contributed by atoms with van der Waals surface area (Å²) in [5.41, 5.74) is 8.38. The van der Waals surface area contributed by atoms with Gasteiger partial charge in [0.05, 0.1) is 23.0 Å². The van der Waals surface area contributed by atoms with Gasteiger partial charge in [0.1, 0.15) is 0 Å². The van der Waals surface area contributed by atoms with Crippen molar-refractivity contribution in [1.29, 1.82) is 5.26 Å². The number of hydrogen-bond donors (Lipinski definition) is 1. The first-order chi connectivity index (χ1) is 7.20. The van der Waals surface area contributed by atoms with Gasteiger partial charge in [0.25, 0.3) is 0 Å². The summed E-state index contributed by atoms with van der Waals surface area (Å²) in [6.07, 6.45) is 1.20. The minimum atomic E-state index is 0.679. The van der Waals surface area contributed by atoms with E-state index in [9.17, 15) is 0 Å². The van der Waals surface area contributed by atoms with Crippen LogP contribution in [0.2, 0.25) is 0 Å². The zero-order valence-corrected chi connectivity index (χ0v) is 8.90. The van der Waals surface area contributed by atoms with E-state index in [4.69, 9.17) is 11.0 Å². The monoisotopic (exact) mass is 201 g/mol. The normalized spacial score (nSPS) is 20.3. The summed E-state index contributed by atoms with van der Waals surface area (Å²) < 4.78 is 0. The van der Waals surface area contributed by atoms with Crippen LogP contribution in [0.25, 0.3) is 0 Å². The Morgan fingerprint density at radius 3 is 2.93 bits per heavy atom. The smallest absolute Gasteiger partial charge is 0.0992 e. The Morgan fingerprint density at radius 1 is 1.53 bits per heavy atom. The molecule has 0 amide bonds. The second-order valence-electron chi connectivity index (χ2n) is 4.23. The number of hydrogen-bond acceptors (Lipinski definition) is 3. The fraction of sp³-hybridized carbons (Fsp3) is 0.417. The Balaban J connectivity index is 2.31. The highest BCUT2D eigenvalue weighted by molar-refractivity contribution is 5.70. The number of benzene rings is 1. The summed E-state index contributed by atoms with van der Waals surface area (Å²) in [5, 5.41) is 8.84. The maximum atomic E-state index is 8.84. The first-order valence-electron chi connectivity index (χ1n) is 5.25. The fourth-order valence-electron chi connectivity index (χ4n) is 2.04. The van der Waals surface area contributed by atoms with E-state index in [0.29, 0.717) is 5.56 Å². The van der Waals surface area contributed by atoms with Crippen molar-refractivity contribution < 1.29 is 0 Å². The molecule has 0 bridgehead atoms. The molecule has 2 N–H and O–H groups in total. The van der Waals surface area contributed by atoms with E-state index in [1.807, 2.05) is 12.1 Å². The van der Waals surface area contributed by atoms with Gasteiger partial charge in [-0.2, -0.15) is 5.26 Å². The lowest BCUT2D eigenvalue weighted by Gasteiger charge is -2.20. The maximum absolute atomic E-state index is 8.84. The van der Waals surface area contributed by atoms with Crippen molar-refractivity contribution in [2.75, 3.05) is 23.7 Å². The molecular weight excluding hydrogens is 186 g/mol. The van der Waals surface area contributed by atoms with E-state index in [1.54, 1.807) is 6.07 Å². The molecule has 0 spiro atoms. The Morgan fingerprint density at radius 2 is 2.33 bits per heavy atom. The molecule has 0 aromatic heterocycles. The molecule has 1 aromatic carbocycles. The van der Waals surface area contributed by atoms with Gasteiger partial charge in [0.15, 0.2) is 0 Å². The molecular formula is C12H15N3. The van der Waals surface area contributed by atoms with Gasteiger partial charge < -0.3 is 10.6 Å². The summed E-state index contributed by atoms with van der Waals surface area (Å²) in [5.74, 6) is 0.718. The lowest BCUT2D eigenvalue weighted by Crippen LogP contribution is -2.20. The average Bonchev–Trinajstić information content (AvgIpc) is 2.65. The molecule has 0 aliphatic carbocycles. The van der Waals surface area contributed by atoms with Crippen LogP contribution in [0, 0.1) is 17.2 Å². The molecule has 1 aliphatic rings. The second-order valence-corrected chi connectivity index (χ2v) is 4.23. The van der Waals surface area contributed by atoms with E-state index >= 15 is 0 Å². The van der Waals surface area contributed by atoms with Crippen molar-refractivity contribution in [2.45, 2.75) is 13.3 Å². The van der Waals surface area contributed by atoms with Crippen LogP contribution in [0.5, 0.6) is 0 Å². The average molecular weight is 201 g/mol. The zero-order valence-electron chi connectivity index (χ0n) is 8.90. The third-order valence-electron chi connectivity index (χ3n) is 2.92. The number of rotatable bonds is 1. The highest BCUT2D eigenvalue weighted by Gasteiger charge is 2.20. The predicted octanol–water partition coefficient (Wildman–Crippen LogP) is 1.99. The first-order valence-corrected chi connectivity index (χ1v) is 5.25. The second kappa shape index (κ2) is 3.82. The summed E-state index contributed by atoms with van der Waals surface area (Å²) in [7, 11) is 0. The summed E-state index contributed by atoms with van der Waals surface area (Å²) >= 11 is 0. The molecule has 1 fully saturated rings. The lowest BCUT2D eigenvalue weighted by atomic mass is 10.1. The van der Waals surface area contributed by atoms with E-state index in [2.05, 4.69) is 17.9 Å². The molecule has 2 rings (SSSR count). The van der Waals surface area contributed by atoms with E-state index in [0.717, 1.165) is 30.4 Å².